The molecule has 1 heterocycles. The number of urea groups is 1. The highest BCUT2D eigenvalue weighted by molar-refractivity contribution is 6.09. The fourth-order valence-corrected chi connectivity index (χ4v) is 4.55. The number of benzene rings is 1. The third kappa shape index (κ3) is 4.64. The van der Waals surface area contributed by atoms with E-state index in [0.29, 0.717) is 12.1 Å². The first-order valence-corrected chi connectivity index (χ1v) is 11.4. The number of ether oxygens (including phenoxy) is 1. The van der Waals surface area contributed by atoms with Crippen molar-refractivity contribution in [3.05, 3.63) is 29.8 Å². The number of esters is 1. The van der Waals surface area contributed by atoms with Crippen molar-refractivity contribution >= 4 is 29.5 Å². The summed E-state index contributed by atoms with van der Waals surface area (Å²) >= 11 is 0. The molecule has 0 aromatic heterocycles. The molecular weight excluding hydrogens is 410 g/mol. The van der Waals surface area contributed by atoms with Gasteiger partial charge in [0.25, 0.3) is 11.8 Å². The van der Waals surface area contributed by atoms with E-state index in [2.05, 4.69) is 24.5 Å². The van der Waals surface area contributed by atoms with E-state index in [1.807, 2.05) is 31.2 Å². The monoisotopic (exact) mass is 443 g/mol. The molecule has 1 spiro atoms. The molecule has 32 heavy (non-hydrogen) atoms. The Balaban J connectivity index is 1.60. The van der Waals surface area contributed by atoms with Crippen LogP contribution in [0.1, 0.15) is 71.3 Å². The van der Waals surface area contributed by atoms with E-state index in [4.69, 9.17) is 4.74 Å². The number of para-hydroxylation sites is 1. The van der Waals surface area contributed by atoms with E-state index in [-0.39, 0.29) is 17.7 Å². The molecule has 1 aromatic carbocycles. The molecule has 0 bridgehead atoms. The third-order valence-electron chi connectivity index (χ3n) is 6.83. The third-order valence-corrected chi connectivity index (χ3v) is 6.83. The van der Waals surface area contributed by atoms with E-state index >= 15 is 0 Å². The summed E-state index contributed by atoms with van der Waals surface area (Å²) in [6.45, 7) is 7.05. The van der Waals surface area contributed by atoms with Gasteiger partial charge in [-0.15, -0.1) is 0 Å². The molecule has 1 saturated heterocycles. The van der Waals surface area contributed by atoms with Crippen LogP contribution < -0.4 is 10.6 Å². The van der Waals surface area contributed by atoms with Gasteiger partial charge in [0.05, 0.1) is 0 Å². The van der Waals surface area contributed by atoms with Crippen molar-refractivity contribution in [1.29, 1.82) is 0 Å². The quantitative estimate of drug-likeness (QED) is 0.495. The summed E-state index contributed by atoms with van der Waals surface area (Å²) in [6.07, 6.45) is 3.13. The first-order valence-electron chi connectivity index (χ1n) is 11.4. The molecule has 2 N–H and O–H groups in total. The average Bonchev–Trinajstić information content (AvgIpc) is 3.00. The zero-order valence-electron chi connectivity index (χ0n) is 19.3. The Morgan fingerprint density at radius 2 is 1.97 bits per heavy atom. The molecule has 2 fully saturated rings. The number of rotatable bonds is 7. The molecule has 1 aromatic rings. The van der Waals surface area contributed by atoms with Crippen molar-refractivity contribution in [1.82, 2.24) is 10.2 Å². The van der Waals surface area contributed by atoms with Crippen LogP contribution in [0.15, 0.2) is 24.3 Å². The van der Waals surface area contributed by atoms with Crippen LogP contribution in [0.3, 0.4) is 0 Å². The lowest BCUT2D eigenvalue weighted by Gasteiger charge is -2.36. The number of anilines is 1. The van der Waals surface area contributed by atoms with Gasteiger partial charge in [0.1, 0.15) is 12.1 Å². The Labute approximate surface area is 189 Å². The Bertz CT molecular complexity index is 901. The lowest BCUT2D eigenvalue weighted by atomic mass is 9.73. The van der Waals surface area contributed by atoms with E-state index in [9.17, 15) is 19.2 Å². The highest BCUT2D eigenvalue weighted by atomic mass is 16.5. The maximum Gasteiger partial charge on any atom is 0.327 e. The van der Waals surface area contributed by atoms with Crippen molar-refractivity contribution in [3.63, 3.8) is 0 Å². The molecule has 3 rings (SSSR count). The van der Waals surface area contributed by atoms with Crippen LogP contribution in [0.25, 0.3) is 0 Å². The van der Waals surface area contributed by atoms with Gasteiger partial charge in [-0.1, -0.05) is 51.8 Å². The molecule has 4 amide bonds. The molecule has 8 heteroatoms. The van der Waals surface area contributed by atoms with E-state index < -0.39 is 36.1 Å². The van der Waals surface area contributed by atoms with Crippen molar-refractivity contribution in [2.24, 2.45) is 5.92 Å². The summed E-state index contributed by atoms with van der Waals surface area (Å²) in [7, 11) is 0. The van der Waals surface area contributed by atoms with Crippen LogP contribution in [0.4, 0.5) is 10.5 Å². The minimum Gasteiger partial charge on any atom is -0.451 e. The Hall–Kier alpha value is -2.90. The van der Waals surface area contributed by atoms with Crippen LogP contribution in [-0.2, 0) is 19.1 Å². The first-order chi connectivity index (χ1) is 15.2. The van der Waals surface area contributed by atoms with Crippen LogP contribution in [0.2, 0.25) is 0 Å². The molecule has 0 radical (unpaired) electrons. The molecule has 2 aliphatic rings. The molecular formula is C24H33N3O5. The van der Waals surface area contributed by atoms with Crippen molar-refractivity contribution < 1.29 is 23.9 Å². The SMILES string of the molecule is CCC(C)c1ccccc1NC(=O)C(C)OC(=O)CN1C(=O)NC2(CCCCC2C)C1=O. The predicted octanol–water partition coefficient (Wildman–Crippen LogP) is 3.57. The largest absolute Gasteiger partial charge is 0.451 e. The van der Waals surface area contributed by atoms with Crippen molar-refractivity contribution in [2.75, 3.05) is 11.9 Å². The maximum absolute atomic E-state index is 13.0. The summed E-state index contributed by atoms with van der Waals surface area (Å²) in [5, 5.41) is 5.62. The average molecular weight is 444 g/mol. The standard InChI is InChI=1S/C24H33N3O5/c1-5-15(2)18-11-6-7-12-19(18)25-21(29)17(4)32-20(28)14-27-22(30)24(26-23(27)31)13-9-8-10-16(24)3/h6-7,11-12,15-17H,5,8-10,13-14H2,1-4H3,(H,25,29)(H,26,31). The zero-order chi connectivity index (χ0) is 23.5. The number of carbonyl (C=O) groups is 4. The topological polar surface area (TPSA) is 105 Å². The predicted molar refractivity (Wildman–Crippen MR) is 120 cm³/mol. The molecule has 1 saturated carbocycles. The lowest BCUT2D eigenvalue weighted by Crippen LogP contribution is -2.54. The summed E-state index contributed by atoms with van der Waals surface area (Å²) in [4.78, 5) is 51.4. The summed E-state index contributed by atoms with van der Waals surface area (Å²) < 4.78 is 5.25. The van der Waals surface area contributed by atoms with Gasteiger partial charge < -0.3 is 15.4 Å². The summed E-state index contributed by atoms with van der Waals surface area (Å²) in [6, 6.07) is 6.93. The Kier molecular flexibility index (Phi) is 7.21. The highest BCUT2D eigenvalue weighted by Crippen LogP contribution is 2.38. The fourth-order valence-electron chi connectivity index (χ4n) is 4.55. The first kappa shape index (κ1) is 23.8. The van der Waals surface area contributed by atoms with Crippen LogP contribution in [-0.4, -0.2) is 46.9 Å². The molecule has 4 atom stereocenters. The van der Waals surface area contributed by atoms with Gasteiger partial charge in [-0.3, -0.25) is 19.3 Å². The van der Waals surface area contributed by atoms with Gasteiger partial charge in [0, 0.05) is 5.69 Å². The van der Waals surface area contributed by atoms with Crippen molar-refractivity contribution in [2.45, 2.75) is 77.4 Å². The lowest BCUT2D eigenvalue weighted by molar-refractivity contribution is -0.155. The van der Waals surface area contributed by atoms with Gasteiger partial charge in [-0.25, -0.2) is 4.79 Å². The zero-order valence-corrected chi connectivity index (χ0v) is 19.3. The number of imide groups is 1. The minimum absolute atomic E-state index is 0.00371. The van der Waals surface area contributed by atoms with Crippen LogP contribution >= 0.6 is 0 Å². The fraction of sp³-hybridized carbons (Fsp3) is 0.583. The van der Waals surface area contributed by atoms with Gasteiger partial charge >= 0.3 is 12.0 Å². The molecule has 1 aliphatic carbocycles. The van der Waals surface area contributed by atoms with Gasteiger partial charge in [0.2, 0.25) is 0 Å². The Morgan fingerprint density at radius 3 is 2.66 bits per heavy atom. The number of nitrogens with zero attached hydrogens (tertiary/aromatic N) is 1. The van der Waals surface area contributed by atoms with Gasteiger partial charge in [0.15, 0.2) is 6.10 Å². The van der Waals surface area contributed by atoms with Gasteiger partial charge in [-0.2, -0.15) is 0 Å². The number of carbonyl (C=O) groups excluding carboxylic acids is 4. The molecule has 1 aliphatic heterocycles. The minimum atomic E-state index is -1.07. The van der Waals surface area contributed by atoms with Crippen molar-refractivity contribution in [3.8, 4) is 0 Å². The normalized spacial score (nSPS) is 24.8. The number of hydrogen-bond donors (Lipinski definition) is 2. The van der Waals surface area contributed by atoms with E-state index in [1.54, 1.807) is 0 Å². The second-order valence-electron chi connectivity index (χ2n) is 8.96. The van der Waals surface area contributed by atoms with Crippen LogP contribution in [0.5, 0.6) is 0 Å². The van der Waals surface area contributed by atoms with Gasteiger partial charge in [-0.05, 0) is 49.7 Å². The Morgan fingerprint density at radius 1 is 1.25 bits per heavy atom. The van der Waals surface area contributed by atoms with E-state index in [1.165, 1.54) is 6.92 Å². The summed E-state index contributed by atoms with van der Waals surface area (Å²) in [5.41, 5.74) is 0.753. The second kappa shape index (κ2) is 9.71. The maximum atomic E-state index is 13.0. The highest BCUT2D eigenvalue weighted by Gasteiger charge is 2.55. The number of hydrogen-bond acceptors (Lipinski definition) is 5. The summed E-state index contributed by atoms with van der Waals surface area (Å²) in [5.74, 6) is -1.38. The smallest absolute Gasteiger partial charge is 0.327 e. The number of amides is 4. The number of nitrogens with one attached hydrogen (secondary N) is 2. The molecule has 174 valence electrons. The molecule has 8 nitrogen and oxygen atoms in total. The van der Waals surface area contributed by atoms with E-state index in [0.717, 1.165) is 36.1 Å². The van der Waals surface area contributed by atoms with Crippen LogP contribution in [0, 0.1) is 5.92 Å². The second-order valence-corrected chi connectivity index (χ2v) is 8.96. The molecule has 4 unspecified atom stereocenters.